The third-order valence-corrected chi connectivity index (χ3v) is 5.52. The van der Waals surface area contributed by atoms with E-state index in [0.29, 0.717) is 24.7 Å². The van der Waals surface area contributed by atoms with Gasteiger partial charge in [-0.25, -0.2) is 13.4 Å². The molecule has 3 rings (SSSR count). The summed E-state index contributed by atoms with van der Waals surface area (Å²) < 4.78 is 28.6. The number of H-pyrrole nitrogens is 1. The maximum absolute atomic E-state index is 12.8. The van der Waals surface area contributed by atoms with Gasteiger partial charge < -0.3 is 0 Å². The first-order valence-corrected chi connectivity index (χ1v) is 8.39. The van der Waals surface area contributed by atoms with Crippen LogP contribution in [0.4, 0.5) is 0 Å². The maximum Gasteiger partial charge on any atom is 0.246 e. The van der Waals surface area contributed by atoms with Crippen molar-refractivity contribution in [2.75, 3.05) is 6.54 Å². The van der Waals surface area contributed by atoms with Crippen LogP contribution in [0.25, 0.3) is 0 Å². The normalized spacial score (nSPS) is 20.2. The molecule has 114 valence electrons. The van der Waals surface area contributed by atoms with E-state index in [-0.39, 0.29) is 10.9 Å². The van der Waals surface area contributed by atoms with E-state index in [1.807, 2.05) is 6.92 Å². The molecule has 1 N–H and O–H groups in total. The van der Waals surface area contributed by atoms with Gasteiger partial charge in [-0.1, -0.05) is 0 Å². The summed E-state index contributed by atoms with van der Waals surface area (Å²) in [4.78, 5) is 4.50. The molecular formula is C12H18N6O2S. The topological polar surface area (TPSA) is 96.8 Å². The number of aromatic nitrogens is 5. The van der Waals surface area contributed by atoms with Crippen LogP contribution in [0.5, 0.6) is 0 Å². The summed E-state index contributed by atoms with van der Waals surface area (Å²) in [5, 5.41) is 10.9. The zero-order chi connectivity index (χ0) is 15.0. The predicted octanol–water partition coefficient (Wildman–Crippen LogP) is 0.855. The van der Waals surface area contributed by atoms with Crippen molar-refractivity contribution in [3.8, 4) is 0 Å². The molecule has 0 unspecified atom stereocenters. The van der Waals surface area contributed by atoms with E-state index in [0.717, 1.165) is 12.8 Å². The molecular weight excluding hydrogens is 292 g/mol. The van der Waals surface area contributed by atoms with Crippen molar-refractivity contribution in [2.24, 2.45) is 0 Å². The molecule has 0 spiro atoms. The SMILES string of the molecule is CCn1cc(S(=O)(=O)N2CCC[C@H]2c2n[nH]c(C)n2)cn1. The van der Waals surface area contributed by atoms with Crippen molar-refractivity contribution in [3.63, 3.8) is 0 Å². The van der Waals surface area contributed by atoms with Crippen LogP contribution in [0, 0.1) is 6.92 Å². The van der Waals surface area contributed by atoms with Crippen LogP contribution in [0.3, 0.4) is 0 Å². The molecule has 0 radical (unpaired) electrons. The predicted molar refractivity (Wildman–Crippen MR) is 74.9 cm³/mol. The van der Waals surface area contributed by atoms with Gasteiger partial charge in [0.2, 0.25) is 10.0 Å². The van der Waals surface area contributed by atoms with Crippen molar-refractivity contribution in [3.05, 3.63) is 24.0 Å². The number of nitrogens with zero attached hydrogens (tertiary/aromatic N) is 5. The second-order valence-corrected chi connectivity index (χ2v) is 6.98. The van der Waals surface area contributed by atoms with Gasteiger partial charge in [0.25, 0.3) is 0 Å². The molecule has 2 aromatic rings. The van der Waals surface area contributed by atoms with Gasteiger partial charge in [0, 0.05) is 19.3 Å². The molecule has 0 bridgehead atoms. The molecule has 1 aliphatic rings. The first kappa shape index (κ1) is 14.2. The summed E-state index contributed by atoms with van der Waals surface area (Å²) in [6, 6.07) is -0.301. The molecule has 8 nitrogen and oxygen atoms in total. The Hall–Kier alpha value is -1.74. The Bertz CT molecular complexity index is 735. The fourth-order valence-electron chi connectivity index (χ4n) is 2.58. The van der Waals surface area contributed by atoms with Crippen LogP contribution in [0.15, 0.2) is 17.3 Å². The van der Waals surface area contributed by atoms with E-state index < -0.39 is 10.0 Å². The highest BCUT2D eigenvalue weighted by Gasteiger charge is 2.38. The van der Waals surface area contributed by atoms with Gasteiger partial charge in [0.1, 0.15) is 10.7 Å². The number of aryl methyl sites for hydroxylation is 2. The monoisotopic (exact) mass is 310 g/mol. The van der Waals surface area contributed by atoms with E-state index in [1.165, 1.54) is 10.5 Å². The number of sulfonamides is 1. The molecule has 9 heteroatoms. The van der Waals surface area contributed by atoms with E-state index in [2.05, 4.69) is 20.3 Å². The van der Waals surface area contributed by atoms with Gasteiger partial charge in [-0.05, 0) is 26.7 Å². The number of hydrogen-bond acceptors (Lipinski definition) is 5. The zero-order valence-electron chi connectivity index (χ0n) is 12.0. The Balaban J connectivity index is 1.93. The molecule has 0 amide bonds. The average molecular weight is 310 g/mol. The minimum absolute atomic E-state index is 0.225. The van der Waals surface area contributed by atoms with Gasteiger partial charge in [0.15, 0.2) is 5.82 Å². The van der Waals surface area contributed by atoms with E-state index in [9.17, 15) is 8.42 Å². The van der Waals surface area contributed by atoms with Gasteiger partial charge >= 0.3 is 0 Å². The lowest BCUT2D eigenvalue weighted by Crippen LogP contribution is -2.31. The van der Waals surface area contributed by atoms with Gasteiger partial charge in [0.05, 0.1) is 12.2 Å². The highest BCUT2D eigenvalue weighted by molar-refractivity contribution is 7.89. The lowest BCUT2D eigenvalue weighted by atomic mass is 10.2. The molecule has 1 saturated heterocycles. The number of nitrogens with one attached hydrogen (secondary N) is 1. The minimum Gasteiger partial charge on any atom is -0.272 e. The Morgan fingerprint density at radius 2 is 2.29 bits per heavy atom. The lowest BCUT2D eigenvalue weighted by molar-refractivity contribution is 0.384. The molecule has 0 aromatic carbocycles. The van der Waals surface area contributed by atoms with Crippen molar-refractivity contribution < 1.29 is 8.42 Å². The Morgan fingerprint density at radius 1 is 1.48 bits per heavy atom. The van der Waals surface area contributed by atoms with Crippen molar-refractivity contribution in [1.82, 2.24) is 29.3 Å². The summed E-state index contributed by atoms with van der Waals surface area (Å²) in [6.07, 6.45) is 4.50. The number of aromatic amines is 1. The summed E-state index contributed by atoms with van der Waals surface area (Å²) in [5.74, 6) is 1.23. The standard InChI is InChI=1S/C12H18N6O2S/c1-3-17-8-10(7-13-17)21(19,20)18-6-4-5-11(18)12-14-9(2)15-16-12/h7-8,11H,3-6H2,1-2H3,(H,14,15,16)/t11-/m0/s1. The highest BCUT2D eigenvalue weighted by Crippen LogP contribution is 2.34. The second-order valence-electron chi connectivity index (χ2n) is 5.08. The summed E-state index contributed by atoms with van der Waals surface area (Å²) in [5.41, 5.74) is 0. The number of rotatable bonds is 4. The maximum atomic E-state index is 12.8. The lowest BCUT2D eigenvalue weighted by Gasteiger charge is -2.20. The molecule has 1 fully saturated rings. The van der Waals surface area contributed by atoms with Gasteiger partial charge in [-0.3, -0.25) is 9.78 Å². The van der Waals surface area contributed by atoms with E-state index in [1.54, 1.807) is 17.8 Å². The highest BCUT2D eigenvalue weighted by atomic mass is 32.2. The van der Waals surface area contributed by atoms with Crippen LogP contribution in [-0.2, 0) is 16.6 Å². The average Bonchev–Trinajstić information content (AvgIpc) is 3.18. The summed E-state index contributed by atoms with van der Waals surface area (Å²) in [7, 11) is -3.56. The fourth-order valence-corrected chi connectivity index (χ4v) is 4.19. The van der Waals surface area contributed by atoms with Crippen LogP contribution < -0.4 is 0 Å². The third kappa shape index (κ3) is 2.46. The largest absolute Gasteiger partial charge is 0.272 e. The fraction of sp³-hybridized carbons (Fsp3) is 0.583. The molecule has 1 aliphatic heterocycles. The van der Waals surface area contributed by atoms with Crippen LogP contribution in [0.1, 0.15) is 37.5 Å². The van der Waals surface area contributed by atoms with E-state index >= 15 is 0 Å². The van der Waals surface area contributed by atoms with Crippen LogP contribution in [-0.4, -0.2) is 44.2 Å². The first-order valence-electron chi connectivity index (χ1n) is 6.95. The Morgan fingerprint density at radius 3 is 2.90 bits per heavy atom. The molecule has 0 aliphatic carbocycles. The zero-order valence-corrected chi connectivity index (χ0v) is 12.8. The van der Waals surface area contributed by atoms with Gasteiger partial charge in [-0.15, -0.1) is 0 Å². The molecule has 0 saturated carbocycles. The van der Waals surface area contributed by atoms with Gasteiger partial charge in [-0.2, -0.15) is 14.5 Å². The quantitative estimate of drug-likeness (QED) is 0.903. The molecule has 1 atom stereocenters. The summed E-state index contributed by atoms with van der Waals surface area (Å²) >= 11 is 0. The first-order chi connectivity index (χ1) is 10.0. The number of hydrogen-bond donors (Lipinski definition) is 1. The third-order valence-electron chi connectivity index (χ3n) is 3.66. The van der Waals surface area contributed by atoms with Crippen molar-refractivity contribution in [1.29, 1.82) is 0 Å². The second kappa shape index (κ2) is 5.23. The van der Waals surface area contributed by atoms with Crippen LogP contribution in [0.2, 0.25) is 0 Å². The molecule has 21 heavy (non-hydrogen) atoms. The van der Waals surface area contributed by atoms with Crippen molar-refractivity contribution >= 4 is 10.0 Å². The minimum atomic E-state index is -3.56. The van der Waals surface area contributed by atoms with E-state index in [4.69, 9.17) is 0 Å². The smallest absolute Gasteiger partial charge is 0.246 e. The molecule has 2 aromatic heterocycles. The summed E-state index contributed by atoms with van der Waals surface area (Å²) in [6.45, 7) is 4.84. The molecule has 3 heterocycles. The Kier molecular flexibility index (Phi) is 3.54. The van der Waals surface area contributed by atoms with Crippen LogP contribution >= 0.6 is 0 Å². The Labute approximate surface area is 123 Å². The van der Waals surface area contributed by atoms with Crippen molar-refractivity contribution in [2.45, 2.75) is 44.2 Å².